The van der Waals surface area contributed by atoms with Crippen molar-refractivity contribution in [1.29, 1.82) is 0 Å². The average molecular weight is 322 g/mol. The van der Waals surface area contributed by atoms with Crippen molar-refractivity contribution in [3.63, 3.8) is 0 Å². The zero-order valence-corrected chi connectivity index (χ0v) is 14.0. The second kappa shape index (κ2) is 6.49. The highest BCUT2D eigenvalue weighted by Crippen LogP contribution is 2.25. The number of hydrogen-bond acceptors (Lipinski definition) is 2. The van der Waals surface area contributed by atoms with Gasteiger partial charge in [-0.3, -0.25) is 4.79 Å². The molecule has 2 aromatic carbocycles. The van der Waals surface area contributed by atoms with Crippen LogP contribution in [0.1, 0.15) is 27.8 Å². The van der Waals surface area contributed by atoms with Crippen LogP contribution in [0.25, 0.3) is 10.9 Å². The molecule has 0 amide bonds. The molecule has 0 bridgehead atoms. The van der Waals surface area contributed by atoms with Crippen LogP contribution in [0.3, 0.4) is 0 Å². The van der Waals surface area contributed by atoms with Crippen LogP contribution in [0.5, 0.6) is 0 Å². The number of carboxylic acids is 1. The van der Waals surface area contributed by atoms with Gasteiger partial charge in [0.25, 0.3) is 0 Å². The molecule has 3 rings (SSSR count). The molecule has 0 aliphatic heterocycles. The Hall–Kier alpha value is -2.59. The SMILES string of the molecule is Cc1cc(C)cc(Cc2cccc3c(CC(N)C(=O)O)c[nH]c23)c1. The second-order valence-electron chi connectivity index (χ2n) is 6.48. The van der Waals surface area contributed by atoms with Gasteiger partial charge in [0.1, 0.15) is 6.04 Å². The highest BCUT2D eigenvalue weighted by atomic mass is 16.4. The first kappa shape index (κ1) is 16.3. The standard InChI is InChI=1S/C20H22N2O2/c1-12-6-13(2)8-14(7-12)9-15-4-3-5-17-16(11-22-19(15)17)10-18(21)20(23)24/h3-8,11,18,22H,9-10,21H2,1-2H3,(H,23,24). The first-order valence-electron chi connectivity index (χ1n) is 8.07. The lowest BCUT2D eigenvalue weighted by atomic mass is 9.98. The fourth-order valence-electron chi connectivity index (χ4n) is 3.31. The van der Waals surface area contributed by atoms with Gasteiger partial charge in [0.2, 0.25) is 0 Å². The summed E-state index contributed by atoms with van der Waals surface area (Å²) in [6.45, 7) is 4.22. The smallest absolute Gasteiger partial charge is 0.320 e. The van der Waals surface area contributed by atoms with Crippen molar-refractivity contribution in [3.8, 4) is 0 Å². The van der Waals surface area contributed by atoms with Gasteiger partial charge in [-0.1, -0.05) is 47.5 Å². The molecule has 0 saturated heterocycles. The van der Waals surface area contributed by atoms with Crippen LogP contribution < -0.4 is 5.73 Å². The van der Waals surface area contributed by atoms with Crippen LogP contribution in [0.15, 0.2) is 42.6 Å². The molecule has 1 aromatic heterocycles. The van der Waals surface area contributed by atoms with E-state index >= 15 is 0 Å². The summed E-state index contributed by atoms with van der Waals surface area (Å²) in [4.78, 5) is 14.3. The van der Waals surface area contributed by atoms with E-state index < -0.39 is 12.0 Å². The maximum absolute atomic E-state index is 11.0. The van der Waals surface area contributed by atoms with Crippen LogP contribution in [-0.4, -0.2) is 22.1 Å². The number of para-hydroxylation sites is 1. The van der Waals surface area contributed by atoms with Gasteiger partial charge in [0.15, 0.2) is 0 Å². The van der Waals surface area contributed by atoms with E-state index in [2.05, 4.69) is 43.1 Å². The molecule has 4 heteroatoms. The summed E-state index contributed by atoms with van der Waals surface area (Å²) in [5.74, 6) is -0.976. The molecular formula is C20H22N2O2. The van der Waals surface area contributed by atoms with Crippen LogP contribution >= 0.6 is 0 Å². The molecule has 24 heavy (non-hydrogen) atoms. The Balaban J connectivity index is 1.95. The summed E-state index contributed by atoms with van der Waals surface area (Å²) >= 11 is 0. The first-order chi connectivity index (χ1) is 11.4. The average Bonchev–Trinajstić information content (AvgIpc) is 2.90. The number of rotatable bonds is 5. The van der Waals surface area contributed by atoms with E-state index in [1.54, 1.807) is 0 Å². The normalized spacial score (nSPS) is 12.5. The Morgan fingerprint density at radius 2 is 1.88 bits per heavy atom. The summed E-state index contributed by atoms with van der Waals surface area (Å²) in [7, 11) is 0. The van der Waals surface area contributed by atoms with Crippen molar-refractivity contribution < 1.29 is 9.90 Å². The van der Waals surface area contributed by atoms with E-state index in [0.717, 1.165) is 22.9 Å². The lowest BCUT2D eigenvalue weighted by molar-refractivity contribution is -0.138. The molecule has 0 aliphatic carbocycles. The molecule has 0 aliphatic rings. The number of aliphatic carboxylic acids is 1. The van der Waals surface area contributed by atoms with Gasteiger partial charge in [-0.2, -0.15) is 0 Å². The number of carbonyl (C=O) groups is 1. The molecular weight excluding hydrogens is 300 g/mol. The molecule has 0 spiro atoms. The highest BCUT2D eigenvalue weighted by Gasteiger charge is 2.15. The van der Waals surface area contributed by atoms with E-state index in [-0.39, 0.29) is 0 Å². The van der Waals surface area contributed by atoms with Crippen molar-refractivity contribution >= 4 is 16.9 Å². The van der Waals surface area contributed by atoms with Crippen molar-refractivity contribution in [3.05, 3.63) is 70.4 Å². The Morgan fingerprint density at radius 3 is 2.54 bits per heavy atom. The number of nitrogens with one attached hydrogen (secondary N) is 1. The van der Waals surface area contributed by atoms with Crippen LogP contribution in [0.2, 0.25) is 0 Å². The summed E-state index contributed by atoms with van der Waals surface area (Å²) in [5, 5.41) is 10.1. The number of carboxylic acid groups (broad SMARTS) is 1. The molecule has 0 saturated carbocycles. The molecule has 4 nitrogen and oxygen atoms in total. The van der Waals surface area contributed by atoms with Crippen molar-refractivity contribution in [2.45, 2.75) is 32.7 Å². The minimum atomic E-state index is -0.976. The van der Waals surface area contributed by atoms with Gasteiger partial charge in [0.05, 0.1) is 0 Å². The molecule has 124 valence electrons. The van der Waals surface area contributed by atoms with Crippen LogP contribution in [0, 0.1) is 13.8 Å². The molecule has 4 N–H and O–H groups in total. The topological polar surface area (TPSA) is 79.1 Å². The number of fused-ring (bicyclic) bond motifs is 1. The highest BCUT2D eigenvalue weighted by molar-refractivity contribution is 5.87. The lowest BCUT2D eigenvalue weighted by Crippen LogP contribution is -2.32. The van der Waals surface area contributed by atoms with Gasteiger partial charge in [-0.05, 0) is 37.0 Å². The zero-order chi connectivity index (χ0) is 17.3. The third-order valence-corrected chi connectivity index (χ3v) is 4.32. The number of benzene rings is 2. The van der Waals surface area contributed by atoms with Crippen LogP contribution in [-0.2, 0) is 17.6 Å². The second-order valence-corrected chi connectivity index (χ2v) is 6.48. The van der Waals surface area contributed by atoms with E-state index in [9.17, 15) is 4.79 Å². The summed E-state index contributed by atoms with van der Waals surface area (Å²) in [6, 6.07) is 11.8. The Morgan fingerprint density at radius 1 is 1.17 bits per heavy atom. The fourth-order valence-corrected chi connectivity index (χ4v) is 3.31. The van der Waals surface area contributed by atoms with Gasteiger partial charge < -0.3 is 15.8 Å². The van der Waals surface area contributed by atoms with Gasteiger partial charge in [-0.25, -0.2) is 0 Å². The third kappa shape index (κ3) is 3.34. The minimum Gasteiger partial charge on any atom is -0.480 e. The van der Waals surface area contributed by atoms with Gasteiger partial charge in [-0.15, -0.1) is 0 Å². The molecule has 1 atom stereocenters. The Kier molecular flexibility index (Phi) is 4.40. The van der Waals surface area contributed by atoms with E-state index in [0.29, 0.717) is 6.42 Å². The fraction of sp³-hybridized carbons (Fsp3) is 0.250. The lowest BCUT2D eigenvalue weighted by Gasteiger charge is -2.08. The monoisotopic (exact) mass is 322 g/mol. The van der Waals surface area contributed by atoms with E-state index in [1.807, 2.05) is 18.3 Å². The van der Waals surface area contributed by atoms with Crippen molar-refractivity contribution in [2.75, 3.05) is 0 Å². The van der Waals surface area contributed by atoms with Crippen molar-refractivity contribution in [2.24, 2.45) is 5.73 Å². The van der Waals surface area contributed by atoms with E-state index in [4.69, 9.17) is 10.8 Å². The van der Waals surface area contributed by atoms with Gasteiger partial charge in [0, 0.05) is 23.5 Å². The first-order valence-corrected chi connectivity index (χ1v) is 8.07. The number of hydrogen-bond donors (Lipinski definition) is 3. The maximum Gasteiger partial charge on any atom is 0.320 e. The summed E-state index contributed by atoms with van der Waals surface area (Å²) < 4.78 is 0. The van der Waals surface area contributed by atoms with Crippen LogP contribution in [0.4, 0.5) is 0 Å². The molecule has 3 aromatic rings. The predicted octanol–water partition coefficient (Wildman–Crippen LogP) is 3.33. The molecule has 1 heterocycles. The predicted molar refractivity (Wildman–Crippen MR) is 96.3 cm³/mol. The number of H-pyrrole nitrogens is 1. The number of aromatic amines is 1. The molecule has 0 radical (unpaired) electrons. The zero-order valence-electron chi connectivity index (χ0n) is 14.0. The Bertz CT molecular complexity index is 876. The molecule has 1 unspecified atom stereocenters. The third-order valence-electron chi connectivity index (χ3n) is 4.32. The summed E-state index contributed by atoms with van der Waals surface area (Å²) in [5.41, 5.74) is 12.7. The maximum atomic E-state index is 11.0. The summed E-state index contributed by atoms with van der Waals surface area (Å²) in [6.07, 6.45) is 3.03. The van der Waals surface area contributed by atoms with Crippen molar-refractivity contribution in [1.82, 2.24) is 4.98 Å². The minimum absolute atomic E-state index is 0.322. The quantitative estimate of drug-likeness (QED) is 0.674. The Labute approximate surface area is 141 Å². The van der Waals surface area contributed by atoms with Gasteiger partial charge >= 0.3 is 5.97 Å². The number of aromatic nitrogens is 1. The molecule has 0 fully saturated rings. The van der Waals surface area contributed by atoms with E-state index in [1.165, 1.54) is 22.3 Å². The number of aryl methyl sites for hydroxylation is 2. The number of nitrogens with two attached hydrogens (primary N) is 1. The largest absolute Gasteiger partial charge is 0.480 e.